The van der Waals surface area contributed by atoms with Gasteiger partial charge in [0.25, 0.3) is 0 Å². The molecule has 0 aliphatic rings. The van der Waals surface area contributed by atoms with E-state index in [1.807, 2.05) is 24.3 Å². The average molecular weight is 239 g/mol. The molecule has 0 radical (unpaired) electrons. The van der Waals surface area contributed by atoms with E-state index in [0.29, 0.717) is 13.1 Å². The maximum atomic E-state index is 5.85. The Morgan fingerprint density at radius 1 is 1.22 bits per heavy atom. The maximum Gasteiger partial charge on any atom is 0.131 e. The van der Waals surface area contributed by atoms with Crippen LogP contribution in [0.5, 0.6) is 0 Å². The Bertz CT molecular complexity index is 521. The number of rotatable bonds is 5. The third-order valence-corrected chi connectivity index (χ3v) is 2.76. The fourth-order valence-electron chi connectivity index (χ4n) is 1.91. The van der Waals surface area contributed by atoms with Crippen molar-refractivity contribution in [2.45, 2.75) is 6.54 Å². The van der Waals surface area contributed by atoms with Gasteiger partial charge in [0, 0.05) is 24.8 Å². The normalized spacial score (nSPS) is 10.1. The molecule has 3 heteroatoms. The van der Waals surface area contributed by atoms with Gasteiger partial charge in [0.1, 0.15) is 5.82 Å². The van der Waals surface area contributed by atoms with E-state index in [9.17, 15) is 0 Å². The predicted octanol–water partition coefficient (Wildman–Crippen LogP) is 2.81. The topological polar surface area (TPSA) is 50.9 Å². The molecule has 0 spiro atoms. The second-order valence-corrected chi connectivity index (χ2v) is 3.93. The van der Waals surface area contributed by atoms with Crippen molar-refractivity contribution in [2.75, 3.05) is 11.9 Å². The van der Waals surface area contributed by atoms with E-state index < -0.39 is 0 Å². The van der Waals surface area contributed by atoms with Gasteiger partial charge in [-0.05, 0) is 17.2 Å². The van der Waals surface area contributed by atoms with Gasteiger partial charge in [0.2, 0.25) is 0 Å². The van der Waals surface area contributed by atoms with Gasteiger partial charge in [-0.2, -0.15) is 0 Å². The Labute approximate surface area is 107 Å². The minimum absolute atomic E-state index is 0.456. The van der Waals surface area contributed by atoms with Gasteiger partial charge in [0.15, 0.2) is 0 Å². The van der Waals surface area contributed by atoms with Crippen LogP contribution in [0.4, 0.5) is 5.82 Å². The van der Waals surface area contributed by atoms with Gasteiger partial charge >= 0.3 is 0 Å². The molecule has 0 unspecified atom stereocenters. The summed E-state index contributed by atoms with van der Waals surface area (Å²) < 4.78 is 0. The monoisotopic (exact) mass is 239 g/mol. The Balaban J connectivity index is 2.44. The maximum absolute atomic E-state index is 5.85. The summed E-state index contributed by atoms with van der Waals surface area (Å²) in [6.45, 7) is 4.83. The molecule has 1 aromatic carbocycles. The molecule has 92 valence electrons. The zero-order valence-electron chi connectivity index (χ0n) is 10.3. The molecule has 0 aliphatic heterocycles. The van der Waals surface area contributed by atoms with Crippen LogP contribution in [0.15, 0.2) is 55.3 Å². The SMILES string of the molecule is C=CCNc1nccc(-c2ccccc2)c1CN. The van der Waals surface area contributed by atoms with Crippen molar-refractivity contribution in [1.29, 1.82) is 0 Å². The third-order valence-electron chi connectivity index (χ3n) is 2.76. The number of nitrogens with zero attached hydrogens (tertiary/aromatic N) is 1. The second kappa shape index (κ2) is 5.98. The fraction of sp³-hybridized carbons (Fsp3) is 0.133. The molecular formula is C15H17N3. The number of pyridine rings is 1. The van der Waals surface area contributed by atoms with Crippen LogP contribution in [0.25, 0.3) is 11.1 Å². The number of anilines is 1. The summed E-state index contributed by atoms with van der Waals surface area (Å²) >= 11 is 0. The van der Waals surface area contributed by atoms with Gasteiger partial charge in [-0.25, -0.2) is 4.98 Å². The van der Waals surface area contributed by atoms with Gasteiger partial charge in [-0.1, -0.05) is 36.4 Å². The van der Waals surface area contributed by atoms with Crippen molar-refractivity contribution in [3.63, 3.8) is 0 Å². The predicted molar refractivity (Wildman–Crippen MR) is 76.3 cm³/mol. The lowest BCUT2D eigenvalue weighted by atomic mass is 10.0. The quantitative estimate of drug-likeness (QED) is 0.789. The smallest absolute Gasteiger partial charge is 0.131 e. The van der Waals surface area contributed by atoms with E-state index in [2.05, 4.69) is 29.0 Å². The number of hydrogen-bond donors (Lipinski definition) is 2. The summed E-state index contributed by atoms with van der Waals surface area (Å²) in [5, 5.41) is 3.21. The molecular weight excluding hydrogens is 222 g/mol. The van der Waals surface area contributed by atoms with Crippen molar-refractivity contribution < 1.29 is 0 Å². The van der Waals surface area contributed by atoms with Gasteiger partial charge < -0.3 is 11.1 Å². The third kappa shape index (κ3) is 2.57. The van der Waals surface area contributed by atoms with Crippen LogP contribution in [-0.4, -0.2) is 11.5 Å². The average Bonchev–Trinajstić information content (AvgIpc) is 2.45. The first-order valence-corrected chi connectivity index (χ1v) is 5.95. The molecule has 1 aromatic heterocycles. The Morgan fingerprint density at radius 2 is 2.00 bits per heavy atom. The van der Waals surface area contributed by atoms with E-state index in [-0.39, 0.29) is 0 Å². The van der Waals surface area contributed by atoms with Crippen molar-refractivity contribution in [3.05, 3.63) is 60.8 Å². The largest absolute Gasteiger partial charge is 0.366 e. The summed E-state index contributed by atoms with van der Waals surface area (Å²) in [7, 11) is 0. The Kier molecular flexibility index (Phi) is 4.10. The Hall–Kier alpha value is -2.13. The molecule has 1 heterocycles. The summed E-state index contributed by atoms with van der Waals surface area (Å²) in [6.07, 6.45) is 3.60. The van der Waals surface area contributed by atoms with Crippen LogP contribution in [0, 0.1) is 0 Å². The molecule has 3 N–H and O–H groups in total. The number of nitrogens with two attached hydrogens (primary N) is 1. The highest BCUT2D eigenvalue weighted by Gasteiger charge is 2.09. The molecule has 0 bridgehead atoms. The number of hydrogen-bond acceptors (Lipinski definition) is 3. The molecule has 0 amide bonds. The summed E-state index contributed by atoms with van der Waals surface area (Å²) in [6, 6.07) is 12.2. The van der Waals surface area contributed by atoms with Crippen LogP contribution in [0.2, 0.25) is 0 Å². The zero-order valence-corrected chi connectivity index (χ0v) is 10.3. The fourth-order valence-corrected chi connectivity index (χ4v) is 1.91. The van der Waals surface area contributed by atoms with Crippen LogP contribution < -0.4 is 11.1 Å². The first kappa shape index (κ1) is 12.3. The molecule has 0 atom stereocenters. The highest BCUT2D eigenvalue weighted by Crippen LogP contribution is 2.27. The van der Waals surface area contributed by atoms with Gasteiger partial charge in [-0.15, -0.1) is 6.58 Å². The molecule has 0 fully saturated rings. The van der Waals surface area contributed by atoms with Crippen LogP contribution in [0.3, 0.4) is 0 Å². The molecule has 0 saturated heterocycles. The van der Waals surface area contributed by atoms with Crippen LogP contribution >= 0.6 is 0 Å². The number of aromatic nitrogens is 1. The summed E-state index contributed by atoms with van der Waals surface area (Å²) in [4.78, 5) is 4.33. The van der Waals surface area contributed by atoms with Gasteiger partial charge in [-0.3, -0.25) is 0 Å². The van der Waals surface area contributed by atoms with Crippen molar-refractivity contribution >= 4 is 5.82 Å². The minimum atomic E-state index is 0.456. The van der Waals surface area contributed by atoms with Gasteiger partial charge in [0.05, 0.1) is 0 Å². The van der Waals surface area contributed by atoms with Crippen LogP contribution in [0.1, 0.15) is 5.56 Å². The Morgan fingerprint density at radius 3 is 2.67 bits per heavy atom. The lowest BCUT2D eigenvalue weighted by Gasteiger charge is -2.13. The van der Waals surface area contributed by atoms with Crippen LogP contribution in [-0.2, 0) is 6.54 Å². The van der Waals surface area contributed by atoms with E-state index in [4.69, 9.17) is 5.73 Å². The van der Waals surface area contributed by atoms with E-state index >= 15 is 0 Å². The minimum Gasteiger partial charge on any atom is -0.366 e. The molecule has 2 aromatic rings. The zero-order chi connectivity index (χ0) is 12.8. The number of benzene rings is 1. The van der Waals surface area contributed by atoms with E-state index in [1.165, 1.54) is 0 Å². The molecule has 18 heavy (non-hydrogen) atoms. The lowest BCUT2D eigenvalue weighted by molar-refractivity contribution is 1.04. The lowest BCUT2D eigenvalue weighted by Crippen LogP contribution is -2.08. The van der Waals surface area contributed by atoms with E-state index in [0.717, 1.165) is 22.5 Å². The standard InChI is InChI=1S/C15H17N3/c1-2-9-17-15-14(11-16)13(8-10-18-15)12-6-4-3-5-7-12/h2-8,10H,1,9,11,16H2,(H,17,18). The summed E-state index contributed by atoms with van der Waals surface area (Å²) in [5.41, 5.74) is 9.17. The second-order valence-electron chi connectivity index (χ2n) is 3.93. The molecule has 0 aliphatic carbocycles. The molecule has 0 saturated carbocycles. The van der Waals surface area contributed by atoms with Crippen molar-refractivity contribution in [3.8, 4) is 11.1 Å². The molecule has 3 nitrogen and oxygen atoms in total. The number of nitrogens with one attached hydrogen (secondary N) is 1. The van der Waals surface area contributed by atoms with Crippen molar-refractivity contribution in [1.82, 2.24) is 4.98 Å². The van der Waals surface area contributed by atoms with Crippen molar-refractivity contribution in [2.24, 2.45) is 5.73 Å². The molecule has 2 rings (SSSR count). The summed E-state index contributed by atoms with van der Waals surface area (Å²) in [5.74, 6) is 0.832. The highest BCUT2D eigenvalue weighted by molar-refractivity contribution is 5.71. The first-order valence-electron chi connectivity index (χ1n) is 5.95. The van der Waals surface area contributed by atoms with E-state index in [1.54, 1.807) is 12.3 Å². The highest BCUT2D eigenvalue weighted by atomic mass is 15.0. The first-order chi connectivity index (χ1) is 8.86.